The fourth-order valence-electron chi connectivity index (χ4n) is 2.67. The predicted molar refractivity (Wildman–Crippen MR) is 86.3 cm³/mol. The van der Waals surface area contributed by atoms with Crippen molar-refractivity contribution in [3.8, 4) is 0 Å². The number of nitrogens with two attached hydrogens (primary N) is 1. The number of nitrogens with one attached hydrogen (secondary N) is 1. The van der Waals surface area contributed by atoms with Crippen LogP contribution in [0.1, 0.15) is 43.8 Å². The second-order valence-electron chi connectivity index (χ2n) is 5.35. The Morgan fingerprint density at radius 3 is 2.90 bits per heavy atom. The predicted octanol–water partition coefficient (Wildman–Crippen LogP) is 3.29. The number of hydrogen-bond acceptors (Lipinski definition) is 4. The summed E-state index contributed by atoms with van der Waals surface area (Å²) in [5, 5.41) is 5.30. The van der Waals surface area contributed by atoms with Crippen molar-refractivity contribution in [2.75, 3.05) is 5.32 Å². The molecule has 0 spiro atoms. The van der Waals surface area contributed by atoms with Crippen LogP contribution in [0.3, 0.4) is 0 Å². The van der Waals surface area contributed by atoms with Gasteiger partial charge in [-0.3, -0.25) is 9.59 Å². The van der Waals surface area contributed by atoms with Gasteiger partial charge in [-0.1, -0.05) is 13.0 Å². The Morgan fingerprint density at radius 1 is 1.43 bits per heavy atom. The van der Waals surface area contributed by atoms with Crippen LogP contribution in [0.2, 0.25) is 0 Å². The number of amides is 2. The maximum absolute atomic E-state index is 12.2. The van der Waals surface area contributed by atoms with E-state index >= 15 is 0 Å². The minimum atomic E-state index is -0.455. The molecule has 110 valence electrons. The van der Waals surface area contributed by atoms with Crippen LogP contribution in [0.5, 0.6) is 0 Å². The molecule has 0 unspecified atom stereocenters. The minimum Gasteiger partial charge on any atom is -0.365 e. The normalized spacial score (nSPS) is 17.3. The number of fused-ring (bicyclic) bond motifs is 1. The maximum atomic E-state index is 12.2. The van der Waals surface area contributed by atoms with Gasteiger partial charge in [-0.15, -0.1) is 22.7 Å². The van der Waals surface area contributed by atoms with E-state index in [4.69, 9.17) is 5.73 Å². The highest BCUT2D eigenvalue weighted by atomic mass is 32.1. The lowest BCUT2D eigenvalue weighted by atomic mass is 9.88. The number of thiophene rings is 2. The summed E-state index contributed by atoms with van der Waals surface area (Å²) in [6, 6.07) is 3.59. The van der Waals surface area contributed by atoms with Crippen molar-refractivity contribution in [1.82, 2.24) is 0 Å². The average Bonchev–Trinajstić information content (AvgIpc) is 3.04. The van der Waals surface area contributed by atoms with Crippen LogP contribution in [0, 0.1) is 5.92 Å². The Labute approximate surface area is 131 Å². The molecule has 0 bridgehead atoms. The van der Waals surface area contributed by atoms with Gasteiger partial charge in [-0.25, -0.2) is 0 Å². The summed E-state index contributed by atoms with van der Waals surface area (Å²) in [7, 11) is 0. The van der Waals surface area contributed by atoms with E-state index < -0.39 is 5.91 Å². The van der Waals surface area contributed by atoms with Crippen molar-refractivity contribution in [3.05, 3.63) is 38.4 Å². The highest BCUT2D eigenvalue weighted by Gasteiger charge is 2.27. The first kappa shape index (κ1) is 14.3. The van der Waals surface area contributed by atoms with Gasteiger partial charge in [0.25, 0.3) is 11.8 Å². The lowest BCUT2D eigenvalue weighted by Gasteiger charge is -2.18. The summed E-state index contributed by atoms with van der Waals surface area (Å²) < 4.78 is 0. The SMILES string of the molecule is C[C@@H]1CCc2c(sc(NC(=O)c3cccs3)c2C(N)=O)C1. The van der Waals surface area contributed by atoms with Gasteiger partial charge in [0.1, 0.15) is 5.00 Å². The first-order valence-corrected chi connectivity index (χ1v) is 8.55. The first-order chi connectivity index (χ1) is 10.1. The van der Waals surface area contributed by atoms with Crippen molar-refractivity contribution in [1.29, 1.82) is 0 Å². The molecule has 3 rings (SSSR count). The summed E-state index contributed by atoms with van der Waals surface area (Å²) in [5.74, 6) is -0.0274. The summed E-state index contributed by atoms with van der Waals surface area (Å²) in [5.41, 5.74) is 7.07. The second-order valence-corrected chi connectivity index (χ2v) is 7.40. The molecule has 4 nitrogen and oxygen atoms in total. The fraction of sp³-hybridized carbons (Fsp3) is 0.333. The Balaban J connectivity index is 1.95. The zero-order valence-electron chi connectivity index (χ0n) is 11.6. The summed E-state index contributed by atoms with van der Waals surface area (Å²) in [6.07, 6.45) is 2.87. The molecule has 0 aromatic carbocycles. The molecule has 1 aliphatic rings. The smallest absolute Gasteiger partial charge is 0.266 e. The van der Waals surface area contributed by atoms with Gasteiger partial charge < -0.3 is 11.1 Å². The monoisotopic (exact) mass is 320 g/mol. The molecule has 2 aromatic heterocycles. The van der Waals surface area contributed by atoms with Gasteiger partial charge >= 0.3 is 0 Å². The average molecular weight is 320 g/mol. The Hall–Kier alpha value is -1.66. The number of rotatable bonds is 3. The third-order valence-electron chi connectivity index (χ3n) is 3.73. The molecule has 2 heterocycles. The van der Waals surface area contributed by atoms with Crippen LogP contribution in [-0.2, 0) is 12.8 Å². The van der Waals surface area contributed by atoms with Crippen molar-refractivity contribution in [3.63, 3.8) is 0 Å². The van der Waals surface area contributed by atoms with E-state index in [1.54, 1.807) is 6.07 Å². The van der Waals surface area contributed by atoms with E-state index in [-0.39, 0.29) is 5.91 Å². The Kier molecular flexibility index (Phi) is 3.82. The van der Waals surface area contributed by atoms with Crippen molar-refractivity contribution >= 4 is 39.5 Å². The lowest BCUT2D eigenvalue weighted by Crippen LogP contribution is -2.19. The van der Waals surface area contributed by atoms with Crippen LogP contribution in [-0.4, -0.2) is 11.8 Å². The van der Waals surface area contributed by atoms with Gasteiger partial charge in [0, 0.05) is 4.88 Å². The number of hydrogen-bond donors (Lipinski definition) is 2. The number of carbonyl (C=O) groups is 2. The van der Waals surface area contributed by atoms with Gasteiger partial charge in [0.15, 0.2) is 0 Å². The first-order valence-electron chi connectivity index (χ1n) is 6.85. The fourth-order valence-corrected chi connectivity index (χ4v) is 4.70. The van der Waals surface area contributed by atoms with Gasteiger partial charge in [-0.2, -0.15) is 0 Å². The Bertz CT molecular complexity index is 689. The molecule has 1 aliphatic carbocycles. The molecule has 2 amide bonds. The van der Waals surface area contributed by atoms with Gasteiger partial charge in [0.05, 0.1) is 10.4 Å². The molecule has 0 radical (unpaired) electrons. The molecule has 0 aliphatic heterocycles. The standard InChI is InChI=1S/C15H16N2O2S2/c1-8-4-5-9-11(7-8)21-15(12(9)13(16)18)17-14(19)10-3-2-6-20-10/h2-3,6,8H,4-5,7H2,1H3,(H2,16,18)(H,17,19)/t8-/m1/s1. The van der Waals surface area contributed by atoms with Gasteiger partial charge in [0.2, 0.25) is 0 Å². The van der Waals surface area contributed by atoms with E-state index in [1.165, 1.54) is 27.6 Å². The van der Waals surface area contributed by atoms with E-state index in [0.29, 0.717) is 21.4 Å². The molecule has 6 heteroatoms. The number of anilines is 1. The third-order valence-corrected chi connectivity index (χ3v) is 5.77. The molecule has 21 heavy (non-hydrogen) atoms. The minimum absolute atomic E-state index is 0.181. The quantitative estimate of drug-likeness (QED) is 0.911. The van der Waals surface area contributed by atoms with Gasteiger partial charge in [-0.05, 0) is 42.2 Å². The van der Waals surface area contributed by atoms with Crippen LogP contribution in [0.15, 0.2) is 17.5 Å². The molecule has 3 N–H and O–H groups in total. The van der Waals surface area contributed by atoms with E-state index in [0.717, 1.165) is 24.8 Å². The largest absolute Gasteiger partial charge is 0.365 e. The summed E-state index contributed by atoms with van der Waals surface area (Å²) in [6.45, 7) is 2.20. The molecule has 0 saturated heterocycles. The number of carbonyl (C=O) groups excluding carboxylic acids is 2. The van der Waals surface area contributed by atoms with Crippen LogP contribution in [0.25, 0.3) is 0 Å². The highest BCUT2D eigenvalue weighted by Crippen LogP contribution is 2.39. The molecular formula is C15H16N2O2S2. The Morgan fingerprint density at radius 2 is 2.24 bits per heavy atom. The molecule has 2 aromatic rings. The maximum Gasteiger partial charge on any atom is 0.266 e. The zero-order valence-corrected chi connectivity index (χ0v) is 13.3. The van der Waals surface area contributed by atoms with Crippen LogP contribution >= 0.6 is 22.7 Å². The number of primary amides is 1. The van der Waals surface area contributed by atoms with E-state index in [1.807, 2.05) is 11.4 Å². The molecule has 0 fully saturated rings. The summed E-state index contributed by atoms with van der Waals surface area (Å²) in [4.78, 5) is 25.8. The molecular weight excluding hydrogens is 304 g/mol. The second kappa shape index (κ2) is 5.61. The van der Waals surface area contributed by atoms with Crippen molar-refractivity contribution in [2.45, 2.75) is 26.2 Å². The van der Waals surface area contributed by atoms with Crippen molar-refractivity contribution < 1.29 is 9.59 Å². The van der Waals surface area contributed by atoms with E-state index in [9.17, 15) is 9.59 Å². The van der Waals surface area contributed by atoms with Crippen LogP contribution in [0.4, 0.5) is 5.00 Å². The lowest BCUT2D eigenvalue weighted by molar-refractivity contribution is 0.1000. The van der Waals surface area contributed by atoms with Crippen LogP contribution < -0.4 is 11.1 Å². The third kappa shape index (κ3) is 2.73. The zero-order chi connectivity index (χ0) is 15.0. The topological polar surface area (TPSA) is 72.2 Å². The molecule has 0 saturated carbocycles. The molecule has 1 atom stereocenters. The van der Waals surface area contributed by atoms with E-state index in [2.05, 4.69) is 12.2 Å². The summed E-state index contributed by atoms with van der Waals surface area (Å²) >= 11 is 2.87. The highest BCUT2D eigenvalue weighted by molar-refractivity contribution is 7.17. The van der Waals surface area contributed by atoms with Crippen molar-refractivity contribution in [2.24, 2.45) is 11.7 Å².